The van der Waals surface area contributed by atoms with Gasteiger partial charge in [0, 0.05) is 0 Å². The summed E-state index contributed by atoms with van der Waals surface area (Å²) in [5, 5.41) is 3.90. The largest absolute Gasteiger partial charge is 0.320 e. The summed E-state index contributed by atoms with van der Waals surface area (Å²) in [6.45, 7) is 0. The summed E-state index contributed by atoms with van der Waals surface area (Å²) in [5.74, 6) is -0.291. The molecule has 4 nitrogen and oxygen atoms in total. The van der Waals surface area contributed by atoms with Crippen molar-refractivity contribution in [3.05, 3.63) is 71.8 Å². The number of nitrogens with zero attached hydrogens (tertiary/aromatic N) is 1. The number of rotatable bonds is 5. The van der Waals surface area contributed by atoms with Gasteiger partial charge >= 0.3 is 0 Å². The van der Waals surface area contributed by atoms with E-state index in [9.17, 15) is 4.79 Å². The molecule has 0 saturated carbocycles. The second kappa shape index (κ2) is 7.21. The highest BCUT2D eigenvalue weighted by Gasteiger charge is 2.12. The molecule has 0 spiro atoms. The van der Waals surface area contributed by atoms with Gasteiger partial charge < -0.3 is 5.73 Å². The Morgan fingerprint density at radius 1 is 1.10 bits per heavy atom. The maximum Gasteiger partial charge on any atom is 0.257 e. The first-order valence-corrected chi connectivity index (χ1v) is 6.43. The van der Waals surface area contributed by atoms with Crippen LogP contribution in [0.2, 0.25) is 0 Å². The maximum absolute atomic E-state index is 11.8. The van der Waals surface area contributed by atoms with Gasteiger partial charge in [-0.25, -0.2) is 5.43 Å². The number of hydrazone groups is 1. The summed E-state index contributed by atoms with van der Waals surface area (Å²) in [6.07, 6.45) is 2.08. The van der Waals surface area contributed by atoms with Gasteiger partial charge in [0.2, 0.25) is 0 Å². The molecular weight excluding hydrogens is 250 g/mol. The lowest BCUT2D eigenvalue weighted by Gasteiger charge is -2.09. The van der Waals surface area contributed by atoms with Crippen LogP contribution in [0.5, 0.6) is 0 Å². The van der Waals surface area contributed by atoms with Gasteiger partial charge in [-0.05, 0) is 17.5 Å². The first-order valence-electron chi connectivity index (χ1n) is 6.43. The lowest BCUT2D eigenvalue weighted by Crippen LogP contribution is -2.39. The fourth-order valence-electron chi connectivity index (χ4n) is 1.75. The highest BCUT2D eigenvalue weighted by atomic mass is 16.2. The van der Waals surface area contributed by atoms with Crippen molar-refractivity contribution in [1.82, 2.24) is 5.43 Å². The molecule has 0 bridgehead atoms. The number of nitrogens with one attached hydrogen (secondary N) is 1. The average Bonchev–Trinajstić information content (AvgIpc) is 2.49. The number of hydrogen-bond donors (Lipinski definition) is 2. The molecule has 0 fully saturated rings. The molecule has 20 heavy (non-hydrogen) atoms. The Balaban J connectivity index is 1.84. The van der Waals surface area contributed by atoms with Crippen LogP contribution >= 0.6 is 0 Å². The van der Waals surface area contributed by atoms with Crippen LogP contribution in [0.4, 0.5) is 0 Å². The molecule has 2 aromatic carbocycles. The summed E-state index contributed by atoms with van der Waals surface area (Å²) in [6, 6.07) is 18.6. The molecule has 4 heteroatoms. The minimum atomic E-state index is -0.606. The van der Waals surface area contributed by atoms with Crippen molar-refractivity contribution in [1.29, 1.82) is 0 Å². The molecule has 1 amide bonds. The van der Waals surface area contributed by atoms with Crippen molar-refractivity contribution in [2.75, 3.05) is 0 Å². The molecule has 0 aliphatic carbocycles. The number of carbonyl (C=O) groups excluding carboxylic acids is 1. The van der Waals surface area contributed by atoms with Crippen molar-refractivity contribution in [2.24, 2.45) is 10.8 Å². The first-order chi connectivity index (χ1) is 9.75. The van der Waals surface area contributed by atoms with E-state index >= 15 is 0 Å². The average molecular weight is 267 g/mol. The van der Waals surface area contributed by atoms with Gasteiger partial charge in [-0.2, -0.15) is 5.10 Å². The number of hydrogen-bond acceptors (Lipinski definition) is 3. The zero-order valence-electron chi connectivity index (χ0n) is 11.1. The van der Waals surface area contributed by atoms with E-state index in [1.807, 2.05) is 60.7 Å². The van der Waals surface area contributed by atoms with Crippen LogP contribution in [-0.2, 0) is 11.2 Å². The summed E-state index contributed by atoms with van der Waals surface area (Å²) < 4.78 is 0. The molecule has 2 aromatic rings. The van der Waals surface area contributed by atoms with Crippen molar-refractivity contribution >= 4 is 12.1 Å². The van der Waals surface area contributed by atoms with Gasteiger partial charge in [-0.15, -0.1) is 0 Å². The van der Waals surface area contributed by atoms with E-state index in [1.54, 1.807) is 6.21 Å². The van der Waals surface area contributed by atoms with E-state index < -0.39 is 6.04 Å². The first kappa shape index (κ1) is 14.0. The van der Waals surface area contributed by atoms with Crippen molar-refractivity contribution in [2.45, 2.75) is 12.5 Å². The van der Waals surface area contributed by atoms with Crippen LogP contribution in [0.3, 0.4) is 0 Å². The van der Waals surface area contributed by atoms with Crippen LogP contribution < -0.4 is 11.2 Å². The molecule has 102 valence electrons. The molecule has 0 radical (unpaired) electrons. The van der Waals surface area contributed by atoms with Crippen LogP contribution in [0.1, 0.15) is 11.1 Å². The van der Waals surface area contributed by atoms with Crippen molar-refractivity contribution in [3.63, 3.8) is 0 Å². The number of carbonyl (C=O) groups is 1. The minimum absolute atomic E-state index is 0.291. The molecule has 2 rings (SSSR count). The van der Waals surface area contributed by atoms with E-state index in [4.69, 9.17) is 5.73 Å². The number of amides is 1. The summed E-state index contributed by atoms with van der Waals surface area (Å²) in [4.78, 5) is 11.8. The van der Waals surface area contributed by atoms with Gasteiger partial charge in [-0.3, -0.25) is 4.79 Å². The standard InChI is InChI=1S/C16H17N3O/c17-15(11-13-7-3-1-4-8-13)16(20)19-18-12-14-9-5-2-6-10-14/h1-10,12,15H,11,17H2,(H,19,20)/b18-12+. The fourth-order valence-corrected chi connectivity index (χ4v) is 1.75. The summed E-state index contributed by atoms with van der Waals surface area (Å²) in [5.41, 5.74) is 10.3. The quantitative estimate of drug-likeness (QED) is 0.639. The molecule has 0 saturated heterocycles. The van der Waals surface area contributed by atoms with E-state index in [-0.39, 0.29) is 5.91 Å². The molecule has 3 N–H and O–H groups in total. The topological polar surface area (TPSA) is 67.5 Å². The highest BCUT2D eigenvalue weighted by Crippen LogP contribution is 2.01. The molecule has 0 heterocycles. The third-order valence-electron chi connectivity index (χ3n) is 2.82. The van der Waals surface area contributed by atoms with Gasteiger partial charge in [0.15, 0.2) is 0 Å². The normalized spacial score (nSPS) is 12.2. The zero-order chi connectivity index (χ0) is 14.2. The lowest BCUT2D eigenvalue weighted by molar-refractivity contribution is -0.122. The third-order valence-corrected chi connectivity index (χ3v) is 2.82. The molecule has 0 aromatic heterocycles. The number of benzene rings is 2. The Labute approximate surface area is 118 Å². The van der Waals surface area contributed by atoms with Crippen LogP contribution in [0.15, 0.2) is 65.8 Å². The predicted molar refractivity (Wildman–Crippen MR) is 80.3 cm³/mol. The van der Waals surface area contributed by atoms with E-state index in [0.717, 1.165) is 11.1 Å². The summed E-state index contributed by atoms with van der Waals surface area (Å²) in [7, 11) is 0. The molecular formula is C16H17N3O. The monoisotopic (exact) mass is 267 g/mol. The Kier molecular flexibility index (Phi) is 5.03. The minimum Gasteiger partial charge on any atom is -0.320 e. The van der Waals surface area contributed by atoms with E-state index in [1.165, 1.54) is 0 Å². The van der Waals surface area contributed by atoms with Gasteiger partial charge in [0.1, 0.15) is 0 Å². The highest BCUT2D eigenvalue weighted by molar-refractivity contribution is 5.84. The second-order valence-electron chi connectivity index (χ2n) is 4.44. The summed E-state index contributed by atoms with van der Waals surface area (Å²) >= 11 is 0. The van der Waals surface area contributed by atoms with Gasteiger partial charge in [0.25, 0.3) is 5.91 Å². The fraction of sp³-hybridized carbons (Fsp3) is 0.125. The van der Waals surface area contributed by atoms with Gasteiger partial charge in [0.05, 0.1) is 12.3 Å². The van der Waals surface area contributed by atoms with E-state index in [2.05, 4.69) is 10.5 Å². The molecule has 1 atom stereocenters. The Morgan fingerprint density at radius 3 is 2.35 bits per heavy atom. The lowest BCUT2D eigenvalue weighted by atomic mass is 10.1. The molecule has 0 aliphatic heterocycles. The molecule has 0 aliphatic rings. The van der Waals surface area contributed by atoms with Crippen molar-refractivity contribution < 1.29 is 4.79 Å². The Bertz CT molecular complexity index is 567. The van der Waals surface area contributed by atoms with Gasteiger partial charge in [-0.1, -0.05) is 60.7 Å². The van der Waals surface area contributed by atoms with Crippen LogP contribution in [0, 0.1) is 0 Å². The third kappa shape index (κ3) is 4.33. The maximum atomic E-state index is 11.8. The SMILES string of the molecule is NC(Cc1ccccc1)C(=O)N/N=C/c1ccccc1. The van der Waals surface area contributed by atoms with E-state index in [0.29, 0.717) is 6.42 Å². The van der Waals surface area contributed by atoms with Crippen LogP contribution in [0.25, 0.3) is 0 Å². The second-order valence-corrected chi connectivity index (χ2v) is 4.44. The smallest absolute Gasteiger partial charge is 0.257 e. The molecule has 1 unspecified atom stereocenters. The van der Waals surface area contributed by atoms with Crippen LogP contribution in [-0.4, -0.2) is 18.2 Å². The van der Waals surface area contributed by atoms with Crippen molar-refractivity contribution in [3.8, 4) is 0 Å². The zero-order valence-corrected chi connectivity index (χ0v) is 11.1. The predicted octanol–water partition coefficient (Wildman–Crippen LogP) is 1.71. The Hall–Kier alpha value is -2.46. The Morgan fingerprint density at radius 2 is 1.70 bits per heavy atom. The number of nitrogens with two attached hydrogens (primary N) is 1.